The Morgan fingerprint density at radius 3 is 2.50 bits per heavy atom. The highest BCUT2D eigenvalue weighted by atomic mass is 35.5. The van der Waals surface area contributed by atoms with Gasteiger partial charge in [0, 0.05) is 29.7 Å². The molecule has 1 aromatic carbocycles. The minimum Gasteiger partial charge on any atom is -0.368 e. The van der Waals surface area contributed by atoms with Crippen LogP contribution in [0.15, 0.2) is 30.5 Å². The number of amides is 1. The molecule has 1 atom stereocenters. The summed E-state index contributed by atoms with van der Waals surface area (Å²) in [4.78, 5) is 22.9. The molecule has 0 aliphatic rings. The van der Waals surface area contributed by atoms with Gasteiger partial charge >= 0.3 is 0 Å². The van der Waals surface area contributed by atoms with E-state index in [1.807, 2.05) is 35.9 Å². The maximum absolute atomic E-state index is 12.0. The number of ketones is 1. The highest BCUT2D eigenvalue weighted by Gasteiger charge is 2.23. The van der Waals surface area contributed by atoms with Crippen molar-refractivity contribution in [1.29, 1.82) is 0 Å². The third-order valence-electron chi connectivity index (χ3n) is 2.75. The van der Waals surface area contributed by atoms with E-state index in [0.717, 1.165) is 10.9 Å². The van der Waals surface area contributed by atoms with Crippen molar-refractivity contribution in [2.24, 2.45) is 18.5 Å². The number of carbonyl (C=O) groups is 2. The van der Waals surface area contributed by atoms with Gasteiger partial charge in [-0.15, -0.1) is 12.4 Å². The van der Waals surface area contributed by atoms with E-state index in [0.29, 0.717) is 5.56 Å². The van der Waals surface area contributed by atoms with Crippen molar-refractivity contribution >= 4 is 35.0 Å². The van der Waals surface area contributed by atoms with Crippen LogP contribution in [0.1, 0.15) is 10.4 Å². The van der Waals surface area contributed by atoms with Gasteiger partial charge in [0.2, 0.25) is 5.91 Å². The molecule has 1 heterocycles. The first-order valence-electron chi connectivity index (χ1n) is 5.15. The van der Waals surface area contributed by atoms with Gasteiger partial charge in [0.15, 0.2) is 5.78 Å². The summed E-state index contributed by atoms with van der Waals surface area (Å²) in [5.74, 6) is -1.27. The Bertz CT molecular complexity index is 606. The average molecular weight is 268 g/mol. The monoisotopic (exact) mass is 267 g/mol. The maximum atomic E-state index is 12.0. The van der Waals surface area contributed by atoms with Crippen LogP contribution in [0.2, 0.25) is 0 Å². The van der Waals surface area contributed by atoms with E-state index in [-0.39, 0.29) is 12.4 Å². The normalized spacial score (nSPS) is 11.9. The lowest BCUT2D eigenvalue weighted by atomic mass is 10.0. The molecule has 18 heavy (non-hydrogen) atoms. The van der Waals surface area contributed by atoms with Crippen LogP contribution in [0, 0.1) is 0 Å². The number of nitrogens with zero attached hydrogens (tertiary/aromatic N) is 1. The van der Waals surface area contributed by atoms with Crippen molar-refractivity contribution in [2.75, 3.05) is 0 Å². The molecule has 1 aromatic heterocycles. The van der Waals surface area contributed by atoms with E-state index in [1.54, 1.807) is 6.20 Å². The van der Waals surface area contributed by atoms with Gasteiger partial charge in [0.25, 0.3) is 0 Å². The Hall–Kier alpha value is -1.85. The van der Waals surface area contributed by atoms with Crippen molar-refractivity contribution in [3.05, 3.63) is 36.0 Å². The van der Waals surface area contributed by atoms with Gasteiger partial charge < -0.3 is 16.0 Å². The summed E-state index contributed by atoms with van der Waals surface area (Å²) in [6.07, 6.45) is 1.66. The molecule has 0 saturated carbocycles. The molecular weight excluding hydrogens is 254 g/mol. The zero-order chi connectivity index (χ0) is 12.6. The zero-order valence-corrected chi connectivity index (χ0v) is 10.6. The summed E-state index contributed by atoms with van der Waals surface area (Å²) < 4.78 is 1.82. The molecule has 0 aliphatic carbocycles. The van der Waals surface area contributed by atoms with Gasteiger partial charge in [-0.25, -0.2) is 0 Å². The second-order valence-electron chi connectivity index (χ2n) is 3.92. The summed E-state index contributed by atoms with van der Waals surface area (Å²) in [6.45, 7) is 0. The number of nitrogens with two attached hydrogens (primary N) is 2. The minimum absolute atomic E-state index is 0. The Kier molecular flexibility index (Phi) is 4.11. The number of aromatic nitrogens is 1. The predicted molar refractivity (Wildman–Crippen MR) is 71.7 cm³/mol. The van der Waals surface area contributed by atoms with Crippen LogP contribution in [0.5, 0.6) is 0 Å². The number of hydrogen-bond donors (Lipinski definition) is 2. The van der Waals surface area contributed by atoms with Crippen LogP contribution in [-0.2, 0) is 11.8 Å². The molecule has 0 bridgehead atoms. The SMILES string of the molecule is Cl.Cn1cc(C(=O)C(N)C(N)=O)c2ccccc21. The molecule has 4 N–H and O–H groups in total. The number of rotatable bonds is 3. The molecule has 0 saturated heterocycles. The van der Waals surface area contributed by atoms with Crippen molar-refractivity contribution in [2.45, 2.75) is 6.04 Å². The summed E-state index contributed by atoms with van der Waals surface area (Å²) in [5, 5.41) is 0.775. The van der Waals surface area contributed by atoms with Gasteiger partial charge in [0.05, 0.1) is 0 Å². The lowest BCUT2D eigenvalue weighted by Gasteiger charge is -2.04. The van der Waals surface area contributed by atoms with Crippen LogP contribution in [0.25, 0.3) is 10.9 Å². The molecule has 0 radical (unpaired) electrons. The van der Waals surface area contributed by atoms with E-state index in [9.17, 15) is 9.59 Å². The molecule has 2 aromatic rings. The molecule has 0 spiro atoms. The molecule has 1 amide bonds. The summed E-state index contributed by atoms with van der Waals surface area (Å²) in [6, 6.07) is 6.12. The average Bonchev–Trinajstić information content (AvgIpc) is 2.65. The number of Topliss-reactive ketones (excluding diaryl/α,β-unsaturated/α-hetero) is 1. The van der Waals surface area contributed by atoms with E-state index >= 15 is 0 Å². The zero-order valence-electron chi connectivity index (χ0n) is 9.79. The van der Waals surface area contributed by atoms with Gasteiger partial charge in [0.1, 0.15) is 6.04 Å². The van der Waals surface area contributed by atoms with Crippen LogP contribution in [0.4, 0.5) is 0 Å². The topological polar surface area (TPSA) is 91.1 Å². The molecule has 2 rings (SSSR count). The van der Waals surface area contributed by atoms with Gasteiger partial charge in [-0.3, -0.25) is 9.59 Å². The van der Waals surface area contributed by atoms with Crippen LogP contribution in [0.3, 0.4) is 0 Å². The first-order valence-corrected chi connectivity index (χ1v) is 5.15. The van der Waals surface area contributed by atoms with Crippen molar-refractivity contribution in [1.82, 2.24) is 4.57 Å². The first-order chi connectivity index (χ1) is 8.02. The fraction of sp³-hybridized carbons (Fsp3) is 0.167. The highest BCUT2D eigenvalue weighted by Crippen LogP contribution is 2.21. The second kappa shape index (κ2) is 5.20. The van der Waals surface area contributed by atoms with Crippen molar-refractivity contribution in [3.8, 4) is 0 Å². The molecule has 96 valence electrons. The molecular formula is C12H14ClN3O2. The number of para-hydroxylation sites is 1. The highest BCUT2D eigenvalue weighted by molar-refractivity contribution is 6.18. The summed E-state index contributed by atoms with van der Waals surface area (Å²) in [5.41, 5.74) is 11.8. The lowest BCUT2D eigenvalue weighted by molar-refractivity contribution is -0.118. The Morgan fingerprint density at radius 2 is 1.89 bits per heavy atom. The number of benzene rings is 1. The van der Waals surface area contributed by atoms with Gasteiger partial charge in [-0.2, -0.15) is 0 Å². The third-order valence-corrected chi connectivity index (χ3v) is 2.75. The van der Waals surface area contributed by atoms with Crippen LogP contribution < -0.4 is 11.5 Å². The third kappa shape index (κ3) is 2.23. The lowest BCUT2D eigenvalue weighted by Crippen LogP contribution is -2.43. The van der Waals surface area contributed by atoms with E-state index in [1.165, 1.54) is 0 Å². The minimum atomic E-state index is -1.29. The summed E-state index contributed by atoms with van der Waals surface area (Å²) >= 11 is 0. The van der Waals surface area contributed by atoms with Crippen molar-refractivity contribution < 1.29 is 9.59 Å². The van der Waals surface area contributed by atoms with Gasteiger partial charge in [-0.05, 0) is 6.07 Å². The smallest absolute Gasteiger partial charge is 0.242 e. The Labute approximate surface area is 110 Å². The number of carbonyl (C=O) groups excluding carboxylic acids is 2. The fourth-order valence-corrected chi connectivity index (χ4v) is 1.83. The number of primary amides is 1. The van der Waals surface area contributed by atoms with Gasteiger partial charge in [-0.1, -0.05) is 18.2 Å². The fourth-order valence-electron chi connectivity index (χ4n) is 1.83. The van der Waals surface area contributed by atoms with Crippen LogP contribution >= 0.6 is 12.4 Å². The van der Waals surface area contributed by atoms with Crippen molar-refractivity contribution in [3.63, 3.8) is 0 Å². The van der Waals surface area contributed by atoms with E-state index in [4.69, 9.17) is 11.5 Å². The number of fused-ring (bicyclic) bond motifs is 1. The Morgan fingerprint density at radius 1 is 1.28 bits per heavy atom. The molecule has 0 fully saturated rings. The van der Waals surface area contributed by atoms with E-state index < -0.39 is 17.7 Å². The first kappa shape index (κ1) is 14.2. The quantitative estimate of drug-likeness (QED) is 0.630. The van der Waals surface area contributed by atoms with E-state index in [2.05, 4.69) is 0 Å². The number of hydrogen-bond acceptors (Lipinski definition) is 3. The number of halogens is 1. The predicted octanol–water partition coefficient (Wildman–Crippen LogP) is 0.595. The molecule has 0 aliphatic heterocycles. The number of aryl methyl sites for hydroxylation is 1. The maximum Gasteiger partial charge on any atom is 0.242 e. The summed E-state index contributed by atoms with van der Waals surface area (Å²) in [7, 11) is 1.83. The molecule has 5 nitrogen and oxygen atoms in total. The largest absolute Gasteiger partial charge is 0.368 e. The molecule has 1 unspecified atom stereocenters. The standard InChI is InChI=1S/C12H13N3O2.ClH/c1-15-6-8(11(16)10(13)12(14)17)7-4-2-3-5-9(7)15;/h2-6,10H,13H2,1H3,(H2,14,17);1H. The Balaban J connectivity index is 0.00000162. The molecule has 6 heteroatoms. The second-order valence-corrected chi connectivity index (χ2v) is 3.92. The van der Waals surface area contributed by atoms with Crippen LogP contribution in [-0.4, -0.2) is 22.3 Å².